The summed E-state index contributed by atoms with van der Waals surface area (Å²) in [6, 6.07) is 18.1. The van der Waals surface area contributed by atoms with Crippen LogP contribution in [0, 0.1) is 0 Å². The van der Waals surface area contributed by atoms with Gasteiger partial charge in [0.25, 0.3) is 0 Å². The second-order valence-electron chi connectivity index (χ2n) is 6.09. The Bertz CT molecular complexity index is 948. The molecule has 3 aromatic rings. The van der Waals surface area contributed by atoms with Crippen LogP contribution in [0.3, 0.4) is 0 Å². The molecular weight excluding hydrogens is 358 g/mol. The maximum atomic E-state index is 6.60. The molecule has 1 aromatic heterocycles. The Balaban J connectivity index is 1.78. The lowest BCUT2D eigenvalue weighted by Crippen LogP contribution is -2.41. The van der Waals surface area contributed by atoms with Crippen molar-refractivity contribution in [1.82, 2.24) is 0 Å². The lowest BCUT2D eigenvalue weighted by atomic mass is 10.1. The highest BCUT2D eigenvalue weighted by atomic mass is 32.2. The van der Waals surface area contributed by atoms with Gasteiger partial charge >= 0.3 is 0 Å². The number of fused-ring (bicyclic) bond motifs is 1. The van der Waals surface area contributed by atoms with Crippen LogP contribution in [0.1, 0.15) is 24.2 Å². The van der Waals surface area contributed by atoms with Crippen molar-refractivity contribution >= 4 is 29.2 Å². The van der Waals surface area contributed by atoms with Crippen LogP contribution in [-0.2, 0) is 0 Å². The molecule has 2 aromatic carbocycles. The summed E-state index contributed by atoms with van der Waals surface area (Å²) in [4.78, 5) is 8.02. The average Bonchev–Trinajstić information content (AvgIpc) is 3.18. The minimum absolute atomic E-state index is 0.377. The molecule has 0 spiro atoms. The molecular formula is C21H21N3O2S. The maximum Gasteiger partial charge on any atom is 0.227 e. The molecule has 1 aliphatic heterocycles. The SMILES string of the molecule is CCSc1ccc(N2C(c3ccc(OC)cc3)=Nc3occc3C2N)cc1. The highest BCUT2D eigenvalue weighted by Crippen LogP contribution is 2.38. The Labute approximate surface area is 162 Å². The summed E-state index contributed by atoms with van der Waals surface area (Å²) >= 11 is 1.81. The van der Waals surface area contributed by atoms with E-state index in [4.69, 9.17) is 19.9 Å². The normalized spacial score (nSPS) is 16.0. The predicted molar refractivity (Wildman–Crippen MR) is 110 cm³/mol. The van der Waals surface area contributed by atoms with Gasteiger partial charge in [-0.1, -0.05) is 6.92 Å². The highest BCUT2D eigenvalue weighted by molar-refractivity contribution is 7.99. The van der Waals surface area contributed by atoms with Crippen molar-refractivity contribution in [3.8, 4) is 5.75 Å². The van der Waals surface area contributed by atoms with E-state index in [-0.39, 0.29) is 6.17 Å². The number of amidine groups is 1. The van der Waals surface area contributed by atoms with Crippen LogP contribution in [-0.4, -0.2) is 18.7 Å². The van der Waals surface area contributed by atoms with Gasteiger partial charge in [-0.05, 0) is 60.4 Å². The number of benzene rings is 2. The van der Waals surface area contributed by atoms with Crippen LogP contribution in [0.15, 0.2) is 75.2 Å². The largest absolute Gasteiger partial charge is 0.497 e. The molecule has 1 unspecified atom stereocenters. The van der Waals surface area contributed by atoms with E-state index in [0.717, 1.165) is 34.2 Å². The zero-order valence-electron chi connectivity index (χ0n) is 15.3. The molecule has 0 aliphatic carbocycles. The summed E-state index contributed by atoms with van der Waals surface area (Å²) in [7, 11) is 1.65. The van der Waals surface area contributed by atoms with Crippen molar-refractivity contribution < 1.29 is 9.15 Å². The molecule has 0 amide bonds. The van der Waals surface area contributed by atoms with Gasteiger partial charge in [0.15, 0.2) is 0 Å². The first-order valence-corrected chi connectivity index (χ1v) is 9.78. The molecule has 138 valence electrons. The monoisotopic (exact) mass is 379 g/mol. The van der Waals surface area contributed by atoms with E-state index in [1.54, 1.807) is 13.4 Å². The Morgan fingerprint density at radius 2 is 1.85 bits per heavy atom. The molecule has 0 saturated heterocycles. The number of rotatable bonds is 5. The zero-order chi connectivity index (χ0) is 18.8. The fourth-order valence-electron chi connectivity index (χ4n) is 3.14. The first-order valence-electron chi connectivity index (χ1n) is 8.79. The number of thioether (sulfide) groups is 1. The average molecular weight is 379 g/mol. The number of methoxy groups -OCH3 is 1. The van der Waals surface area contributed by atoms with Gasteiger partial charge in [0.2, 0.25) is 5.88 Å². The smallest absolute Gasteiger partial charge is 0.227 e. The third-order valence-corrected chi connectivity index (χ3v) is 5.37. The number of hydrogen-bond acceptors (Lipinski definition) is 6. The molecule has 2 N–H and O–H groups in total. The summed E-state index contributed by atoms with van der Waals surface area (Å²) in [5, 5.41) is 0. The third kappa shape index (κ3) is 3.34. The molecule has 2 heterocycles. The maximum absolute atomic E-state index is 6.60. The predicted octanol–water partition coefficient (Wildman–Crippen LogP) is 4.96. The number of anilines is 1. The van der Waals surface area contributed by atoms with Crippen molar-refractivity contribution in [2.75, 3.05) is 17.8 Å². The molecule has 1 aliphatic rings. The lowest BCUT2D eigenvalue weighted by molar-refractivity contribution is 0.415. The van der Waals surface area contributed by atoms with Gasteiger partial charge in [-0.3, -0.25) is 0 Å². The Hall–Kier alpha value is -2.70. The van der Waals surface area contributed by atoms with Gasteiger partial charge in [-0.15, -0.1) is 11.8 Å². The second-order valence-corrected chi connectivity index (χ2v) is 7.42. The number of nitrogens with two attached hydrogens (primary N) is 1. The van der Waals surface area contributed by atoms with Crippen molar-refractivity contribution in [1.29, 1.82) is 0 Å². The van der Waals surface area contributed by atoms with Crippen LogP contribution in [0.5, 0.6) is 5.75 Å². The summed E-state index contributed by atoms with van der Waals surface area (Å²) in [5.74, 6) is 3.15. The van der Waals surface area contributed by atoms with Crippen molar-refractivity contribution in [3.63, 3.8) is 0 Å². The zero-order valence-corrected chi connectivity index (χ0v) is 16.1. The van der Waals surface area contributed by atoms with E-state index >= 15 is 0 Å². The first kappa shape index (κ1) is 17.7. The summed E-state index contributed by atoms with van der Waals surface area (Å²) in [6.07, 6.45) is 1.25. The van der Waals surface area contributed by atoms with Crippen molar-refractivity contribution in [2.45, 2.75) is 18.0 Å². The number of ether oxygens (including phenoxy) is 1. The number of furan rings is 1. The van der Waals surface area contributed by atoms with E-state index in [1.807, 2.05) is 47.0 Å². The van der Waals surface area contributed by atoms with Gasteiger partial charge in [-0.25, -0.2) is 0 Å². The number of aliphatic imine (C=N–C) groups is 1. The molecule has 1 atom stereocenters. The number of hydrogen-bond donors (Lipinski definition) is 1. The Morgan fingerprint density at radius 3 is 2.52 bits per heavy atom. The lowest BCUT2D eigenvalue weighted by Gasteiger charge is -2.34. The van der Waals surface area contributed by atoms with E-state index in [2.05, 4.69) is 31.2 Å². The Morgan fingerprint density at radius 1 is 1.11 bits per heavy atom. The summed E-state index contributed by atoms with van der Waals surface area (Å²) in [5.41, 5.74) is 9.41. The Kier molecular flexibility index (Phi) is 4.92. The summed E-state index contributed by atoms with van der Waals surface area (Å²) in [6.45, 7) is 2.15. The molecule has 0 fully saturated rings. The minimum atomic E-state index is -0.377. The van der Waals surface area contributed by atoms with Crippen LogP contribution in [0.25, 0.3) is 0 Å². The quantitative estimate of drug-likeness (QED) is 0.635. The van der Waals surface area contributed by atoms with Crippen LogP contribution < -0.4 is 15.4 Å². The van der Waals surface area contributed by atoms with Gasteiger partial charge < -0.3 is 19.8 Å². The standard InChI is InChI=1S/C21H21N3O2S/c1-3-27-17-10-6-15(7-11-17)24-19(22)18-12-13-26-21(18)23-20(24)14-4-8-16(25-2)9-5-14/h4-13,19H,3,22H2,1-2H3. The fraction of sp³-hybridized carbons (Fsp3) is 0.190. The first-order chi connectivity index (χ1) is 13.2. The topological polar surface area (TPSA) is 64.0 Å². The van der Waals surface area contributed by atoms with Gasteiger partial charge in [-0.2, -0.15) is 4.99 Å². The number of nitrogens with zero attached hydrogens (tertiary/aromatic N) is 2. The fourth-order valence-corrected chi connectivity index (χ4v) is 3.81. The van der Waals surface area contributed by atoms with Crippen LogP contribution in [0.4, 0.5) is 11.6 Å². The molecule has 0 radical (unpaired) electrons. The molecule has 4 rings (SSSR count). The van der Waals surface area contributed by atoms with Crippen LogP contribution in [0.2, 0.25) is 0 Å². The molecule has 0 bridgehead atoms. The molecule has 0 saturated carbocycles. The van der Waals surface area contributed by atoms with Gasteiger partial charge in [0, 0.05) is 16.1 Å². The van der Waals surface area contributed by atoms with Crippen molar-refractivity contribution in [3.05, 3.63) is 72.0 Å². The van der Waals surface area contributed by atoms with E-state index < -0.39 is 0 Å². The molecule has 27 heavy (non-hydrogen) atoms. The minimum Gasteiger partial charge on any atom is -0.497 e. The third-order valence-electron chi connectivity index (χ3n) is 4.48. The highest BCUT2D eigenvalue weighted by Gasteiger charge is 2.31. The van der Waals surface area contributed by atoms with Crippen molar-refractivity contribution in [2.24, 2.45) is 10.7 Å². The van der Waals surface area contributed by atoms with E-state index in [9.17, 15) is 0 Å². The van der Waals surface area contributed by atoms with Gasteiger partial charge in [0.1, 0.15) is 17.8 Å². The summed E-state index contributed by atoms with van der Waals surface area (Å²) < 4.78 is 10.8. The molecule has 5 nitrogen and oxygen atoms in total. The van der Waals surface area contributed by atoms with E-state index in [0.29, 0.717) is 5.88 Å². The second kappa shape index (κ2) is 7.50. The van der Waals surface area contributed by atoms with Gasteiger partial charge in [0.05, 0.1) is 18.9 Å². The molecule has 6 heteroatoms. The van der Waals surface area contributed by atoms with E-state index in [1.165, 1.54) is 4.90 Å². The van der Waals surface area contributed by atoms with Crippen LogP contribution >= 0.6 is 11.8 Å².